The van der Waals surface area contributed by atoms with E-state index in [9.17, 15) is 9.18 Å². The maximum atomic E-state index is 13.5. The van der Waals surface area contributed by atoms with Gasteiger partial charge in [0.05, 0.1) is 6.54 Å². The van der Waals surface area contributed by atoms with Gasteiger partial charge in [-0.1, -0.05) is 17.7 Å². The molecule has 3 aromatic rings. The number of imidazole rings is 1. The highest BCUT2D eigenvalue weighted by Gasteiger charge is 2.30. The van der Waals surface area contributed by atoms with Crippen LogP contribution in [0.25, 0.3) is 11.3 Å². The molecule has 0 atom stereocenters. The van der Waals surface area contributed by atoms with Crippen LogP contribution < -0.4 is 5.32 Å². The van der Waals surface area contributed by atoms with E-state index in [0.29, 0.717) is 19.6 Å². The molecule has 160 valence electrons. The number of benzene rings is 2. The van der Waals surface area contributed by atoms with Crippen LogP contribution in [0.15, 0.2) is 48.5 Å². The summed E-state index contributed by atoms with van der Waals surface area (Å²) in [6.07, 6.45) is 2.15. The number of amides is 2. The van der Waals surface area contributed by atoms with Gasteiger partial charge >= 0.3 is 6.03 Å². The van der Waals surface area contributed by atoms with Gasteiger partial charge in [-0.25, -0.2) is 14.2 Å². The van der Waals surface area contributed by atoms with E-state index in [4.69, 9.17) is 4.98 Å². The molecule has 1 fully saturated rings. The van der Waals surface area contributed by atoms with Crippen molar-refractivity contribution in [2.45, 2.75) is 32.9 Å². The van der Waals surface area contributed by atoms with E-state index in [1.54, 1.807) is 12.1 Å². The topological polar surface area (TPSA) is 53.4 Å². The number of carbonyl (C=O) groups is 1. The number of aromatic nitrogens is 2. The van der Waals surface area contributed by atoms with Crippen molar-refractivity contribution in [3.8, 4) is 11.3 Å². The highest BCUT2D eigenvalue weighted by molar-refractivity contribution is 5.78. The molecule has 0 unspecified atom stereocenters. The quantitative estimate of drug-likeness (QED) is 0.665. The van der Waals surface area contributed by atoms with Crippen molar-refractivity contribution in [3.63, 3.8) is 0 Å². The largest absolute Gasteiger partial charge is 0.340 e. The number of fused-ring (bicyclic) bond motifs is 1. The summed E-state index contributed by atoms with van der Waals surface area (Å²) in [5.41, 5.74) is 3.77. The van der Waals surface area contributed by atoms with E-state index in [2.05, 4.69) is 28.9 Å². The minimum absolute atomic E-state index is 0.100. The number of hydrogen-bond donors (Lipinski definition) is 1. The maximum absolute atomic E-state index is 13.5. The van der Waals surface area contributed by atoms with Crippen molar-refractivity contribution in [2.75, 3.05) is 25.0 Å². The van der Waals surface area contributed by atoms with Crippen LogP contribution in [0.1, 0.15) is 24.2 Å². The van der Waals surface area contributed by atoms with Gasteiger partial charge in [0.25, 0.3) is 0 Å². The molecule has 1 aromatic heterocycles. The summed E-state index contributed by atoms with van der Waals surface area (Å²) in [6, 6.07) is 14.7. The third-order valence-electron chi connectivity index (χ3n) is 6.05. The third kappa shape index (κ3) is 3.87. The highest BCUT2D eigenvalue weighted by Crippen LogP contribution is 2.33. The lowest BCUT2D eigenvalue weighted by Crippen LogP contribution is -2.45. The Kier molecular flexibility index (Phi) is 5.10. The molecule has 2 aliphatic rings. The number of urea groups is 1. The van der Waals surface area contributed by atoms with Crippen LogP contribution >= 0.6 is 0 Å². The van der Waals surface area contributed by atoms with Gasteiger partial charge in [-0.05, 0) is 56.2 Å². The number of anilines is 2. The first-order valence-corrected chi connectivity index (χ1v) is 10.8. The van der Waals surface area contributed by atoms with Gasteiger partial charge < -0.3 is 19.7 Å². The monoisotopic (exact) mass is 419 g/mol. The first kappa shape index (κ1) is 19.6. The van der Waals surface area contributed by atoms with E-state index in [-0.39, 0.29) is 11.8 Å². The Morgan fingerprint density at radius 2 is 1.65 bits per heavy atom. The Labute approximate surface area is 181 Å². The molecule has 0 radical (unpaired) electrons. The summed E-state index contributed by atoms with van der Waals surface area (Å²) < 4.78 is 15.7. The number of carbonyl (C=O) groups excluding carboxylic acids is 1. The molecule has 31 heavy (non-hydrogen) atoms. The second kappa shape index (κ2) is 8.06. The standard InChI is InChI=1S/C24H26FN5O/c1-17-4-10-20(11-5-17)26-23-22(18-6-8-19(25)9-7-18)27-21-16-29(14-15-30(21)23)24(31)28-12-2-3-13-28/h4-11,26H,2-3,12-16H2,1H3. The average molecular weight is 420 g/mol. The zero-order chi connectivity index (χ0) is 21.4. The fourth-order valence-corrected chi connectivity index (χ4v) is 4.31. The Morgan fingerprint density at radius 3 is 2.35 bits per heavy atom. The minimum atomic E-state index is -0.275. The van der Waals surface area contributed by atoms with E-state index < -0.39 is 0 Å². The summed E-state index contributed by atoms with van der Waals surface area (Å²) in [5, 5.41) is 3.51. The van der Waals surface area contributed by atoms with Crippen molar-refractivity contribution in [1.29, 1.82) is 0 Å². The molecule has 2 aliphatic heterocycles. The zero-order valence-electron chi connectivity index (χ0n) is 17.6. The molecule has 3 heterocycles. The molecular formula is C24H26FN5O. The van der Waals surface area contributed by atoms with Crippen LogP contribution in [0.4, 0.5) is 20.7 Å². The highest BCUT2D eigenvalue weighted by atomic mass is 19.1. The van der Waals surface area contributed by atoms with Crippen molar-refractivity contribution in [2.24, 2.45) is 0 Å². The smallest absolute Gasteiger partial charge is 0.320 e. The zero-order valence-corrected chi connectivity index (χ0v) is 17.6. The second-order valence-electron chi connectivity index (χ2n) is 8.27. The molecule has 5 rings (SSSR count). The van der Waals surface area contributed by atoms with E-state index in [1.807, 2.05) is 21.9 Å². The number of hydrogen-bond acceptors (Lipinski definition) is 3. The van der Waals surface area contributed by atoms with Crippen LogP contribution in [-0.2, 0) is 13.1 Å². The number of halogens is 1. The summed E-state index contributed by atoms with van der Waals surface area (Å²) in [5.74, 6) is 1.44. The van der Waals surface area contributed by atoms with Crippen LogP contribution in [0, 0.1) is 12.7 Å². The Morgan fingerprint density at radius 1 is 0.935 bits per heavy atom. The molecule has 0 saturated carbocycles. The minimum Gasteiger partial charge on any atom is -0.340 e. The van der Waals surface area contributed by atoms with Gasteiger partial charge in [0, 0.05) is 37.4 Å². The average Bonchev–Trinajstić information content (AvgIpc) is 3.44. The van der Waals surface area contributed by atoms with Gasteiger partial charge in [-0.2, -0.15) is 0 Å². The molecule has 6 nitrogen and oxygen atoms in total. The summed E-state index contributed by atoms with van der Waals surface area (Å²) >= 11 is 0. The second-order valence-corrected chi connectivity index (χ2v) is 8.27. The predicted molar refractivity (Wildman–Crippen MR) is 119 cm³/mol. The molecule has 0 bridgehead atoms. The van der Waals surface area contributed by atoms with Gasteiger partial charge in [0.15, 0.2) is 0 Å². The number of likely N-dealkylation sites (tertiary alicyclic amines) is 1. The summed E-state index contributed by atoms with van der Waals surface area (Å²) in [4.78, 5) is 21.6. The third-order valence-corrected chi connectivity index (χ3v) is 6.05. The molecular weight excluding hydrogens is 393 g/mol. The Balaban J connectivity index is 1.49. The van der Waals surface area contributed by atoms with Crippen LogP contribution in [0.5, 0.6) is 0 Å². The number of rotatable bonds is 3. The molecule has 2 amide bonds. The molecule has 7 heteroatoms. The first-order chi connectivity index (χ1) is 15.1. The maximum Gasteiger partial charge on any atom is 0.320 e. The van der Waals surface area contributed by atoms with Crippen LogP contribution in [-0.4, -0.2) is 45.0 Å². The molecule has 0 aliphatic carbocycles. The van der Waals surface area contributed by atoms with Crippen molar-refractivity contribution >= 4 is 17.5 Å². The fourth-order valence-electron chi connectivity index (χ4n) is 4.31. The van der Waals surface area contributed by atoms with Crippen molar-refractivity contribution in [3.05, 3.63) is 65.7 Å². The van der Waals surface area contributed by atoms with Gasteiger partial charge in [0.1, 0.15) is 23.2 Å². The Bertz CT molecular complexity index is 1080. The lowest BCUT2D eigenvalue weighted by molar-refractivity contribution is 0.149. The predicted octanol–water partition coefficient (Wildman–Crippen LogP) is 4.77. The van der Waals surface area contributed by atoms with Gasteiger partial charge in [-0.15, -0.1) is 0 Å². The first-order valence-electron chi connectivity index (χ1n) is 10.8. The van der Waals surface area contributed by atoms with Crippen molar-refractivity contribution in [1.82, 2.24) is 19.4 Å². The van der Waals surface area contributed by atoms with Crippen molar-refractivity contribution < 1.29 is 9.18 Å². The summed E-state index contributed by atoms with van der Waals surface area (Å²) in [6.45, 7) is 5.51. The molecule has 2 aromatic carbocycles. The molecule has 1 saturated heterocycles. The SMILES string of the molecule is Cc1ccc(Nc2c(-c3ccc(F)cc3)nc3n2CCN(C(=O)N2CCCC2)C3)cc1. The fraction of sp³-hybridized carbons (Fsp3) is 0.333. The Hall–Kier alpha value is -3.35. The lowest BCUT2D eigenvalue weighted by atomic mass is 10.1. The molecule has 1 N–H and O–H groups in total. The van der Waals surface area contributed by atoms with Gasteiger partial charge in [-0.3, -0.25) is 0 Å². The van der Waals surface area contributed by atoms with E-state index >= 15 is 0 Å². The lowest BCUT2D eigenvalue weighted by Gasteiger charge is -2.31. The number of aryl methyl sites for hydroxylation is 1. The molecule has 0 spiro atoms. The van der Waals surface area contributed by atoms with Gasteiger partial charge in [0.2, 0.25) is 0 Å². The number of nitrogens with zero attached hydrogens (tertiary/aromatic N) is 4. The summed E-state index contributed by atoms with van der Waals surface area (Å²) in [7, 11) is 0. The van der Waals surface area contributed by atoms with E-state index in [0.717, 1.165) is 54.5 Å². The van der Waals surface area contributed by atoms with Crippen LogP contribution in [0.3, 0.4) is 0 Å². The number of nitrogens with one attached hydrogen (secondary N) is 1. The van der Waals surface area contributed by atoms with Crippen LogP contribution in [0.2, 0.25) is 0 Å². The van der Waals surface area contributed by atoms with E-state index in [1.165, 1.54) is 17.7 Å². The normalized spacial score (nSPS) is 15.8.